The van der Waals surface area contributed by atoms with E-state index >= 15 is 0 Å². The van der Waals surface area contributed by atoms with Crippen molar-refractivity contribution in [1.29, 1.82) is 0 Å². The molecule has 2 N–H and O–H groups in total. The molecule has 0 saturated heterocycles. The molecule has 1 aliphatic rings. The number of allylic oxidation sites excluding steroid dienone is 1. The summed E-state index contributed by atoms with van der Waals surface area (Å²) >= 11 is 0. The fourth-order valence-corrected chi connectivity index (χ4v) is 3.60. The first kappa shape index (κ1) is 21.6. The minimum Gasteiger partial charge on any atom is -0.454 e. The number of carbonyl (C=O) groups excluding carboxylic acids is 3. The molecule has 0 fully saturated rings. The van der Waals surface area contributed by atoms with Crippen LogP contribution in [-0.2, 0) is 25.5 Å². The molecule has 3 rings (SSSR count). The quantitative estimate of drug-likeness (QED) is 0.493. The summed E-state index contributed by atoms with van der Waals surface area (Å²) in [4.78, 5) is 35.8. The van der Waals surface area contributed by atoms with Crippen LogP contribution < -0.4 is 10.6 Å². The van der Waals surface area contributed by atoms with Crippen LogP contribution in [0, 0.1) is 0 Å². The van der Waals surface area contributed by atoms with Crippen LogP contribution in [-0.4, -0.2) is 37.5 Å². The molecule has 0 saturated carbocycles. The van der Waals surface area contributed by atoms with Crippen LogP contribution in [0.5, 0.6) is 0 Å². The lowest BCUT2D eigenvalue weighted by molar-refractivity contribution is -0.148. The highest BCUT2D eigenvalue weighted by Gasteiger charge is 2.11. The lowest BCUT2D eigenvalue weighted by atomic mass is 9.97. The molecule has 2 aromatic carbocycles. The number of amides is 2. The zero-order valence-electron chi connectivity index (χ0n) is 17.1. The Labute approximate surface area is 176 Å². The summed E-state index contributed by atoms with van der Waals surface area (Å²) in [5, 5.41) is 7.38. The van der Waals surface area contributed by atoms with Gasteiger partial charge in [-0.25, -0.2) is 0 Å². The third kappa shape index (κ3) is 6.72. The lowest BCUT2D eigenvalue weighted by Crippen LogP contribution is -2.34. The third-order valence-electron chi connectivity index (χ3n) is 5.18. The molecule has 0 bridgehead atoms. The van der Waals surface area contributed by atoms with Gasteiger partial charge >= 0.3 is 5.97 Å². The number of rotatable bonds is 9. The smallest absolute Gasteiger partial charge is 0.325 e. The summed E-state index contributed by atoms with van der Waals surface area (Å²) in [5.41, 5.74) is 2.28. The maximum atomic E-state index is 12.2. The van der Waals surface area contributed by atoms with Gasteiger partial charge in [0.25, 0.3) is 5.91 Å². The number of benzene rings is 2. The largest absolute Gasteiger partial charge is 0.454 e. The van der Waals surface area contributed by atoms with Crippen LogP contribution in [0.15, 0.2) is 54.1 Å². The second-order valence-corrected chi connectivity index (χ2v) is 7.46. The van der Waals surface area contributed by atoms with Crippen LogP contribution >= 0.6 is 0 Å². The molecule has 158 valence electrons. The van der Waals surface area contributed by atoms with Gasteiger partial charge in [-0.15, -0.1) is 0 Å². The van der Waals surface area contributed by atoms with Gasteiger partial charge in [-0.3, -0.25) is 14.4 Å². The first-order chi connectivity index (χ1) is 14.6. The zero-order valence-corrected chi connectivity index (χ0v) is 17.1. The molecule has 0 radical (unpaired) electrons. The van der Waals surface area contributed by atoms with Crippen LogP contribution in [0.2, 0.25) is 0 Å². The Bertz CT molecular complexity index is 930. The maximum Gasteiger partial charge on any atom is 0.325 e. The monoisotopic (exact) mass is 408 g/mol. The second-order valence-electron chi connectivity index (χ2n) is 7.46. The average Bonchev–Trinajstić information content (AvgIpc) is 2.77. The molecule has 1 aliphatic carbocycles. The number of esters is 1. The third-order valence-corrected chi connectivity index (χ3v) is 5.18. The van der Waals surface area contributed by atoms with Crippen molar-refractivity contribution in [1.82, 2.24) is 10.6 Å². The average molecular weight is 408 g/mol. The van der Waals surface area contributed by atoms with Gasteiger partial charge in [-0.2, -0.15) is 0 Å². The number of carbonyl (C=O) groups is 3. The van der Waals surface area contributed by atoms with Crippen LogP contribution in [0.1, 0.15) is 37.7 Å². The Kier molecular flexibility index (Phi) is 8.01. The van der Waals surface area contributed by atoms with Crippen molar-refractivity contribution in [2.45, 2.75) is 38.5 Å². The van der Waals surface area contributed by atoms with E-state index < -0.39 is 5.97 Å². The van der Waals surface area contributed by atoms with Crippen molar-refractivity contribution < 1.29 is 19.1 Å². The fourth-order valence-electron chi connectivity index (χ4n) is 3.60. The summed E-state index contributed by atoms with van der Waals surface area (Å²) in [6.45, 7) is -0.0508. The number of fused-ring (bicyclic) bond motifs is 1. The minimum atomic E-state index is -0.633. The summed E-state index contributed by atoms with van der Waals surface area (Å²) in [6, 6.07) is 13.6. The van der Waals surface area contributed by atoms with E-state index in [9.17, 15) is 14.4 Å². The minimum absolute atomic E-state index is 0.172. The first-order valence-corrected chi connectivity index (χ1v) is 10.5. The molecule has 0 heterocycles. The Hall–Kier alpha value is -3.15. The summed E-state index contributed by atoms with van der Waals surface area (Å²) in [5.74, 6) is -1.23. The zero-order chi connectivity index (χ0) is 21.2. The number of nitrogens with one attached hydrogen (secondary N) is 2. The van der Waals surface area contributed by atoms with Crippen LogP contribution in [0.4, 0.5) is 0 Å². The van der Waals surface area contributed by atoms with Gasteiger partial charge in [0.1, 0.15) is 6.54 Å². The Balaban J connectivity index is 1.33. The van der Waals surface area contributed by atoms with Crippen molar-refractivity contribution in [2.24, 2.45) is 0 Å². The molecule has 30 heavy (non-hydrogen) atoms. The molecule has 0 spiro atoms. The number of hydrogen-bond donors (Lipinski definition) is 2. The van der Waals surface area contributed by atoms with E-state index in [2.05, 4.69) is 16.7 Å². The molecule has 2 aromatic rings. The van der Waals surface area contributed by atoms with Gasteiger partial charge in [0.05, 0.1) is 6.42 Å². The molecular weight excluding hydrogens is 380 g/mol. The molecule has 0 atom stereocenters. The van der Waals surface area contributed by atoms with Gasteiger partial charge in [-0.1, -0.05) is 54.1 Å². The SMILES string of the molecule is O=C(COC(=O)CNC(=O)Cc1cccc2ccccc12)NCCC1=CCCCC1. The summed E-state index contributed by atoms with van der Waals surface area (Å²) in [6.07, 6.45) is 7.93. The van der Waals surface area contributed by atoms with E-state index in [0.717, 1.165) is 35.6 Å². The normalized spacial score (nSPS) is 13.4. The van der Waals surface area contributed by atoms with Crippen molar-refractivity contribution in [3.63, 3.8) is 0 Å². The number of hydrogen-bond acceptors (Lipinski definition) is 4. The predicted molar refractivity (Wildman–Crippen MR) is 116 cm³/mol. The van der Waals surface area contributed by atoms with E-state index in [1.807, 2.05) is 42.5 Å². The van der Waals surface area contributed by atoms with E-state index in [1.165, 1.54) is 18.4 Å². The molecule has 6 nitrogen and oxygen atoms in total. The van der Waals surface area contributed by atoms with E-state index in [1.54, 1.807) is 0 Å². The van der Waals surface area contributed by atoms with Gasteiger partial charge in [0.15, 0.2) is 6.61 Å². The highest BCUT2D eigenvalue weighted by Crippen LogP contribution is 2.19. The molecule has 0 aromatic heterocycles. The number of ether oxygens (including phenoxy) is 1. The van der Waals surface area contributed by atoms with Gasteiger partial charge in [0.2, 0.25) is 5.91 Å². The highest BCUT2D eigenvalue weighted by molar-refractivity contribution is 5.91. The molecule has 0 unspecified atom stereocenters. The Morgan fingerprint density at radius 3 is 2.60 bits per heavy atom. The molecule has 0 aliphatic heterocycles. The van der Waals surface area contributed by atoms with Crippen molar-refractivity contribution in [3.8, 4) is 0 Å². The molecule has 6 heteroatoms. The van der Waals surface area contributed by atoms with Crippen molar-refractivity contribution in [3.05, 3.63) is 59.7 Å². The van der Waals surface area contributed by atoms with Crippen molar-refractivity contribution in [2.75, 3.05) is 19.7 Å². The van der Waals surface area contributed by atoms with E-state index in [0.29, 0.717) is 6.54 Å². The maximum absolute atomic E-state index is 12.2. The van der Waals surface area contributed by atoms with Gasteiger partial charge in [0, 0.05) is 6.54 Å². The van der Waals surface area contributed by atoms with Crippen molar-refractivity contribution >= 4 is 28.6 Å². The van der Waals surface area contributed by atoms with Gasteiger partial charge in [-0.05, 0) is 48.4 Å². The summed E-state index contributed by atoms with van der Waals surface area (Å²) < 4.78 is 4.94. The van der Waals surface area contributed by atoms with E-state index in [4.69, 9.17) is 4.74 Å². The predicted octanol–water partition coefficient (Wildman–Crippen LogP) is 3.05. The molecule has 2 amide bonds. The van der Waals surface area contributed by atoms with E-state index in [-0.39, 0.29) is 31.4 Å². The van der Waals surface area contributed by atoms with Gasteiger partial charge < -0.3 is 15.4 Å². The molecular formula is C24H28N2O4. The van der Waals surface area contributed by atoms with Crippen LogP contribution in [0.3, 0.4) is 0 Å². The Morgan fingerprint density at radius 1 is 0.933 bits per heavy atom. The second kappa shape index (κ2) is 11.1. The summed E-state index contributed by atoms with van der Waals surface area (Å²) in [7, 11) is 0. The lowest BCUT2D eigenvalue weighted by Gasteiger charge is -2.13. The Morgan fingerprint density at radius 2 is 1.77 bits per heavy atom. The first-order valence-electron chi connectivity index (χ1n) is 10.5. The standard InChI is InChI=1S/C24H28N2O4/c27-22(15-20-11-6-10-19-9-4-5-12-21(19)20)26-16-24(29)30-17-23(28)25-14-13-18-7-2-1-3-8-18/h4-7,9-12H,1-3,8,13-17H2,(H,25,28)(H,26,27). The highest BCUT2D eigenvalue weighted by atomic mass is 16.5. The topological polar surface area (TPSA) is 84.5 Å². The van der Waals surface area contributed by atoms with Crippen LogP contribution in [0.25, 0.3) is 10.8 Å². The fraction of sp³-hybridized carbons (Fsp3) is 0.375.